The molecule has 7 heteroatoms. The highest BCUT2D eigenvalue weighted by Crippen LogP contribution is 2.24. The Morgan fingerprint density at radius 2 is 1.88 bits per heavy atom. The molecule has 7 nitrogen and oxygen atoms in total. The maximum atomic E-state index is 12.5. The van der Waals surface area contributed by atoms with E-state index in [1.54, 1.807) is 13.0 Å². The summed E-state index contributed by atoms with van der Waals surface area (Å²) in [5.41, 5.74) is 2.64. The second kappa shape index (κ2) is 7.60. The van der Waals surface area contributed by atoms with E-state index >= 15 is 0 Å². The summed E-state index contributed by atoms with van der Waals surface area (Å²) in [6, 6.07) is 10.6. The van der Waals surface area contributed by atoms with Crippen molar-refractivity contribution in [3.8, 4) is 11.3 Å². The zero-order chi connectivity index (χ0) is 18.5. The SMILES string of the molecule is CCOC(=O)c1ccc(NC(=O)c2ncoc2-c2ccc(C)cc2)cn1. The fraction of sp³-hybridized carbons (Fsp3) is 0.158. The standard InChI is InChI=1S/C19H17N3O4/c1-3-25-19(24)15-9-8-14(10-20-15)22-18(23)16-17(26-11-21-16)13-6-4-12(2)5-7-13/h4-11H,3H2,1-2H3,(H,22,23). The summed E-state index contributed by atoms with van der Waals surface area (Å²) in [5, 5.41) is 2.69. The van der Waals surface area contributed by atoms with Crippen molar-refractivity contribution in [2.45, 2.75) is 13.8 Å². The number of rotatable bonds is 5. The van der Waals surface area contributed by atoms with E-state index in [1.165, 1.54) is 18.7 Å². The summed E-state index contributed by atoms with van der Waals surface area (Å²) in [6.45, 7) is 3.97. The van der Waals surface area contributed by atoms with Crippen molar-refractivity contribution in [2.24, 2.45) is 0 Å². The van der Waals surface area contributed by atoms with Gasteiger partial charge in [0.15, 0.2) is 17.8 Å². The number of hydrogen-bond donors (Lipinski definition) is 1. The summed E-state index contributed by atoms with van der Waals surface area (Å²) >= 11 is 0. The molecule has 26 heavy (non-hydrogen) atoms. The van der Waals surface area contributed by atoms with Crippen LogP contribution in [0.1, 0.15) is 33.5 Å². The molecule has 0 radical (unpaired) electrons. The van der Waals surface area contributed by atoms with E-state index in [0.717, 1.165) is 11.1 Å². The number of oxazole rings is 1. The molecule has 0 aliphatic heterocycles. The van der Waals surface area contributed by atoms with Gasteiger partial charge in [0.25, 0.3) is 5.91 Å². The molecule has 2 aromatic heterocycles. The Hall–Kier alpha value is -3.48. The van der Waals surface area contributed by atoms with E-state index in [2.05, 4.69) is 15.3 Å². The Bertz CT molecular complexity index is 915. The van der Waals surface area contributed by atoms with E-state index in [-0.39, 0.29) is 18.0 Å². The van der Waals surface area contributed by atoms with Gasteiger partial charge in [0.1, 0.15) is 5.69 Å². The number of anilines is 1. The number of amides is 1. The number of aryl methyl sites for hydroxylation is 1. The van der Waals surface area contributed by atoms with Gasteiger partial charge in [-0.25, -0.2) is 14.8 Å². The second-order valence-electron chi connectivity index (χ2n) is 5.50. The van der Waals surface area contributed by atoms with Crippen LogP contribution in [0.25, 0.3) is 11.3 Å². The van der Waals surface area contributed by atoms with Gasteiger partial charge in [-0.2, -0.15) is 0 Å². The van der Waals surface area contributed by atoms with Crippen molar-refractivity contribution >= 4 is 17.6 Å². The van der Waals surface area contributed by atoms with E-state index < -0.39 is 11.9 Å². The van der Waals surface area contributed by atoms with Crippen LogP contribution in [0, 0.1) is 6.92 Å². The van der Waals surface area contributed by atoms with E-state index in [1.807, 2.05) is 31.2 Å². The third kappa shape index (κ3) is 3.77. The minimum atomic E-state index is -0.511. The summed E-state index contributed by atoms with van der Waals surface area (Å²) in [4.78, 5) is 32.1. The average molecular weight is 351 g/mol. The third-order valence-electron chi connectivity index (χ3n) is 3.60. The molecule has 0 spiro atoms. The summed E-state index contributed by atoms with van der Waals surface area (Å²) in [6.07, 6.45) is 2.61. The first-order valence-electron chi connectivity index (χ1n) is 8.03. The number of carbonyl (C=O) groups is 2. The maximum absolute atomic E-state index is 12.5. The zero-order valence-electron chi connectivity index (χ0n) is 14.4. The molecular weight excluding hydrogens is 334 g/mol. The van der Waals surface area contributed by atoms with Gasteiger partial charge in [0, 0.05) is 5.56 Å². The fourth-order valence-electron chi connectivity index (χ4n) is 2.30. The first-order valence-corrected chi connectivity index (χ1v) is 8.03. The van der Waals surface area contributed by atoms with E-state index in [0.29, 0.717) is 11.4 Å². The number of nitrogens with zero attached hydrogens (tertiary/aromatic N) is 2. The van der Waals surface area contributed by atoms with E-state index in [4.69, 9.17) is 9.15 Å². The summed E-state index contributed by atoms with van der Waals surface area (Å²) < 4.78 is 10.2. The molecule has 0 aliphatic rings. The molecular formula is C19H17N3O4. The lowest BCUT2D eigenvalue weighted by Crippen LogP contribution is -2.14. The minimum Gasteiger partial charge on any atom is -0.461 e. The number of esters is 1. The monoisotopic (exact) mass is 351 g/mol. The first-order chi connectivity index (χ1) is 12.6. The highest BCUT2D eigenvalue weighted by atomic mass is 16.5. The van der Waals surface area contributed by atoms with Crippen molar-refractivity contribution in [3.63, 3.8) is 0 Å². The Morgan fingerprint density at radius 1 is 1.12 bits per heavy atom. The number of benzene rings is 1. The number of ether oxygens (including phenoxy) is 1. The van der Waals surface area contributed by atoms with Crippen LogP contribution < -0.4 is 5.32 Å². The molecule has 3 aromatic rings. The van der Waals surface area contributed by atoms with Crippen LogP contribution in [0.2, 0.25) is 0 Å². The number of carbonyl (C=O) groups excluding carboxylic acids is 2. The van der Waals surface area contributed by atoms with Gasteiger partial charge >= 0.3 is 5.97 Å². The molecule has 0 saturated heterocycles. The molecule has 0 bridgehead atoms. The molecule has 1 amide bonds. The van der Waals surface area contributed by atoms with Crippen LogP contribution in [-0.2, 0) is 4.74 Å². The molecule has 1 aromatic carbocycles. The van der Waals surface area contributed by atoms with Crippen LogP contribution in [-0.4, -0.2) is 28.5 Å². The Kier molecular flexibility index (Phi) is 5.07. The first kappa shape index (κ1) is 17.3. The highest BCUT2D eigenvalue weighted by molar-refractivity contribution is 6.06. The molecule has 0 unspecified atom stereocenters. The maximum Gasteiger partial charge on any atom is 0.356 e. The molecule has 1 N–H and O–H groups in total. The van der Waals surface area contributed by atoms with Crippen LogP contribution in [0.4, 0.5) is 5.69 Å². The second-order valence-corrected chi connectivity index (χ2v) is 5.50. The smallest absolute Gasteiger partial charge is 0.356 e. The van der Waals surface area contributed by atoms with Crippen molar-refractivity contribution in [3.05, 3.63) is 65.9 Å². The summed E-state index contributed by atoms with van der Waals surface area (Å²) in [5.74, 6) is -0.554. The molecule has 132 valence electrons. The van der Waals surface area contributed by atoms with Crippen molar-refractivity contribution < 1.29 is 18.7 Å². The van der Waals surface area contributed by atoms with Gasteiger partial charge in [-0.3, -0.25) is 4.79 Å². The Balaban J connectivity index is 1.76. The van der Waals surface area contributed by atoms with Gasteiger partial charge in [0.2, 0.25) is 0 Å². The summed E-state index contributed by atoms with van der Waals surface area (Å²) in [7, 11) is 0. The van der Waals surface area contributed by atoms with Crippen molar-refractivity contribution in [2.75, 3.05) is 11.9 Å². The molecule has 0 saturated carbocycles. The topological polar surface area (TPSA) is 94.3 Å². The lowest BCUT2D eigenvalue weighted by molar-refractivity contribution is 0.0519. The molecule has 0 atom stereocenters. The van der Waals surface area contributed by atoms with Crippen LogP contribution in [0.5, 0.6) is 0 Å². The lowest BCUT2D eigenvalue weighted by atomic mass is 10.1. The van der Waals surface area contributed by atoms with Crippen molar-refractivity contribution in [1.82, 2.24) is 9.97 Å². The van der Waals surface area contributed by atoms with Crippen LogP contribution in [0.15, 0.2) is 53.4 Å². The van der Waals surface area contributed by atoms with Crippen molar-refractivity contribution in [1.29, 1.82) is 0 Å². The fourth-order valence-corrected chi connectivity index (χ4v) is 2.30. The predicted molar refractivity (Wildman–Crippen MR) is 94.8 cm³/mol. The predicted octanol–water partition coefficient (Wildman–Crippen LogP) is 3.47. The quantitative estimate of drug-likeness (QED) is 0.707. The van der Waals surface area contributed by atoms with Crippen LogP contribution >= 0.6 is 0 Å². The normalized spacial score (nSPS) is 10.4. The molecule has 3 rings (SSSR count). The van der Waals surface area contributed by atoms with Gasteiger partial charge in [-0.1, -0.05) is 29.8 Å². The average Bonchev–Trinajstić information content (AvgIpc) is 3.13. The Labute approximate surface area is 150 Å². The molecule has 0 fully saturated rings. The van der Waals surface area contributed by atoms with Gasteiger partial charge in [0.05, 0.1) is 18.5 Å². The minimum absolute atomic E-state index is 0.170. The molecule has 0 aliphatic carbocycles. The van der Waals surface area contributed by atoms with E-state index in [9.17, 15) is 9.59 Å². The number of aromatic nitrogens is 2. The Morgan fingerprint density at radius 3 is 2.54 bits per heavy atom. The zero-order valence-corrected chi connectivity index (χ0v) is 14.4. The van der Waals surface area contributed by atoms with Gasteiger partial charge < -0.3 is 14.5 Å². The third-order valence-corrected chi connectivity index (χ3v) is 3.60. The lowest BCUT2D eigenvalue weighted by Gasteiger charge is -2.06. The number of nitrogens with one attached hydrogen (secondary N) is 1. The molecule has 2 heterocycles. The largest absolute Gasteiger partial charge is 0.461 e. The number of pyridine rings is 1. The van der Waals surface area contributed by atoms with Gasteiger partial charge in [-0.15, -0.1) is 0 Å². The highest BCUT2D eigenvalue weighted by Gasteiger charge is 2.18. The van der Waals surface area contributed by atoms with Gasteiger partial charge in [-0.05, 0) is 26.0 Å². The van der Waals surface area contributed by atoms with Crippen LogP contribution in [0.3, 0.4) is 0 Å². The number of hydrogen-bond acceptors (Lipinski definition) is 6.